The largest absolute Gasteiger partial charge is 0.395 e. The van der Waals surface area contributed by atoms with Crippen molar-refractivity contribution in [3.05, 3.63) is 52.3 Å². The molecule has 1 aromatic carbocycles. The number of nitrogens with one attached hydrogen (secondary N) is 1. The quantitative estimate of drug-likeness (QED) is 0.658. The van der Waals surface area contributed by atoms with E-state index in [0.717, 1.165) is 16.7 Å². The van der Waals surface area contributed by atoms with E-state index in [4.69, 9.17) is 28.3 Å². The third-order valence-corrected chi connectivity index (χ3v) is 3.33. The second kappa shape index (κ2) is 6.87. The number of hydrogen-bond acceptors (Lipinski definition) is 3. The van der Waals surface area contributed by atoms with Crippen LogP contribution >= 0.6 is 23.2 Å². The van der Waals surface area contributed by atoms with Crippen LogP contribution in [0.2, 0.25) is 10.2 Å². The van der Waals surface area contributed by atoms with E-state index >= 15 is 0 Å². The predicted molar refractivity (Wildman–Crippen MR) is 78.5 cm³/mol. The van der Waals surface area contributed by atoms with Gasteiger partial charge in [-0.15, -0.1) is 0 Å². The molecule has 1 aromatic heterocycles. The number of aromatic nitrogens is 1. The molecule has 0 amide bonds. The lowest BCUT2D eigenvalue weighted by Crippen LogP contribution is -2.18. The van der Waals surface area contributed by atoms with Crippen LogP contribution in [0.3, 0.4) is 0 Å². The van der Waals surface area contributed by atoms with E-state index in [9.17, 15) is 0 Å². The zero-order valence-electron chi connectivity index (χ0n) is 10.2. The zero-order valence-corrected chi connectivity index (χ0v) is 11.7. The first kappa shape index (κ1) is 14.3. The average molecular weight is 297 g/mol. The van der Waals surface area contributed by atoms with Gasteiger partial charge in [0, 0.05) is 29.9 Å². The molecule has 0 aliphatic carbocycles. The molecule has 2 N–H and O–H groups in total. The second-order valence-corrected chi connectivity index (χ2v) is 4.83. The average Bonchev–Trinajstić information content (AvgIpc) is 2.42. The van der Waals surface area contributed by atoms with Crippen molar-refractivity contribution in [2.24, 2.45) is 0 Å². The molecule has 0 aliphatic heterocycles. The molecule has 0 atom stereocenters. The Morgan fingerprint density at radius 2 is 1.84 bits per heavy atom. The minimum Gasteiger partial charge on any atom is -0.395 e. The van der Waals surface area contributed by atoms with Crippen molar-refractivity contribution < 1.29 is 5.11 Å². The summed E-state index contributed by atoms with van der Waals surface area (Å²) in [4.78, 5) is 4.10. The zero-order chi connectivity index (χ0) is 13.7. The van der Waals surface area contributed by atoms with E-state index in [1.807, 2.05) is 30.3 Å². The third kappa shape index (κ3) is 3.67. The highest BCUT2D eigenvalue weighted by atomic mass is 35.5. The summed E-state index contributed by atoms with van der Waals surface area (Å²) in [7, 11) is 0. The fraction of sp³-hybridized carbons (Fsp3) is 0.214. The van der Waals surface area contributed by atoms with Gasteiger partial charge in [-0.05, 0) is 29.3 Å². The highest BCUT2D eigenvalue weighted by molar-refractivity contribution is 6.31. The van der Waals surface area contributed by atoms with E-state index in [-0.39, 0.29) is 6.61 Å². The van der Waals surface area contributed by atoms with Gasteiger partial charge in [0.15, 0.2) is 0 Å². The Labute approximate surface area is 122 Å². The highest BCUT2D eigenvalue weighted by Crippen LogP contribution is 2.28. The minimum absolute atomic E-state index is 0.0914. The third-order valence-electron chi connectivity index (χ3n) is 2.75. The summed E-state index contributed by atoms with van der Waals surface area (Å²) in [5.74, 6) is 0. The molecular weight excluding hydrogens is 283 g/mol. The molecule has 0 fully saturated rings. The summed E-state index contributed by atoms with van der Waals surface area (Å²) < 4.78 is 0. The lowest BCUT2D eigenvalue weighted by molar-refractivity contribution is 0.292. The molecule has 19 heavy (non-hydrogen) atoms. The number of benzene rings is 1. The van der Waals surface area contributed by atoms with Gasteiger partial charge in [-0.3, -0.25) is 0 Å². The molecule has 5 heteroatoms. The molecule has 3 nitrogen and oxygen atoms in total. The lowest BCUT2D eigenvalue weighted by Gasteiger charge is -2.11. The number of rotatable bonds is 5. The van der Waals surface area contributed by atoms with Crippen LogP contribution in [0.4, 0.5) is 0 Å². The van der Waals surface area contributed by atoms with Gasteiger partial charge in [0.2, 0.25) is 0 Å². The molecule has 2 rings (SSSR count). The van der Waals surface area contributed by atoms with Crippen LogP contribution in [0.15, 0.2) is 36.5 Å². The molecule has 0 unspecified atom stereocenters. The molecule has 0 bridgehead atoms. The van der Waals surface area contributed by atoms with Crippen molar-refractivity contribution in [2.75, 3.05) is 13.2 Å². The van der Waals surface area contributed by atoms with Gasteiger partial charge in [0.25, 0.3) is 0 Å². The standard InChI is InChI=1S/C14H14Cl2N2O/c15-11-3-1-10(2-4-11)12-5-6-18-14(16)13(12)9-17-7-8-19/h1-6,17,19H,7-9H2. The van der Waals surface area contributed by atoms with Gasteiger partial charge in [-0.25, -0.2) is 4.98 Å². The van der Waals surface area contributed by atoms with Crippen molar-refractivity contribution in [1.29, 1.82) is 0 Å². The number of halogens is 2. The summed E-state index contributed by atoms with van der Waals surface area (Å²) in [5.41, 5.74) is 2.97. The Morgan fingerprint density at radius 3 is 2.53 bits per heavy atom. The fourth-order valence-corrected chi connectivity index (χ4v) is 2.18. The highest BCUT2D eigenvalue weighted by Gasteiger charge is 2.09. The SMILES string of the molecule is OCCNCc1c(-c2ccc(Cl)cc2)ccnc1Cl. The fourth-order valence-electron chi connectivity index (χ4n) is 1.83. The van der Waals surface area contributed by atoms with E-state index in [0.29, 0.717) is 23.3 Å². The molecule has 1 heterocycles. The summed E-state index contributed by atoms with van der Waals surface area (Å²) in [6.45, 7) is 1.17. The van der Waals surface area contributed by atoms with Crippen LogP contribution in [0, 0.1) is 0 Å². The Morgan fingerprint density at radius 1 is 1.11 bits per heavy atom. The maximum Gasteiger partial charge on any atom is 0.134 e. The van der Waals surface area contributed by atoms with Gasteiger partial charge in [-0.2, -0.15) is 0 Å². The number of nitrogens with zero attached hydrogens (tertiary/aromatic N) is 1. The summed E-state index contributed by atoms with van der Waals surface area (Å²) in [5, 5.41) is 13.1. The molecule has 2 aromatic rings. The number of pyridine rings is 1. The number of hydrogen-bond donors (Lipinski definition) is 2. The first-order chi connectivity index (χ1) is 9.22. The van der Waals surface area contributed by atoms with Gasteiger partial charge in [-0.1, -0.05) is 35.3 Å². The molecular formula is C14H14Cl2N2O. The molecule has 0 saturated heterocycles. The van der Waals surface area contributed by atoms with Crippen molar-refractivity contribution in [3.8, 4) is 11.1 Å². The molecule has 100 valence electrons. The Bertz CT molecular complexity index is 544. The van der Waals surface area contributed by atoms with Gasteiger partial charge in [0.05, 0.1) is 6.61 Å². The van der Waals surface area contributed by atoms with Gasteiger partial charge < -0.3 is 10.4 Å². The first-order valence-electron chi connectivity index (χ1n) is 5.93. The van der Waals surface area contributed by atoms with Crippen molar-refractivity contribution in [1.82, 2.24) is 10.3 Å². The van der Waals surface area contributed by atoms with Crippen LogP contribution in [0.25, 0.3) is 11.1 Å². The number of aliphatic hydroxyl groups excluding tert-OH is 1. The Kier molecular flexibility index (Phi) is 5.16. The maximum atomic E-state index is 8.80. The van der Waals surface area contributed by atoms with Crippen LogP contribution in [0.1, 0.15) is 5.56 Å². The topological polar surface area (TPSA) is 45.1 Å². The summed E-state index contributed by atoms with van der Waals surface area (Å²) >= 11 is 12.0. The number of aliphatic hydroxyl groups is 1. The van der Waals surface area contributed by atoms with E-state index in [1.54, 1.807) is 6.20 Å². The molecule has 0 saturated carbocycles. The van der Waals surface area contributed by atoms with Gasteiger partial charge >= 0.3 is 0 Å². The van der Waals surface area contributed by atoms with Crippen LogP contribution in [-0.4, -0.2) is 23.2 Å². The first-order valence-corrected chi connectivity index (χ1v) is 6.69. The summed E-state index contributed by atoms with van der Waals surface area (Å²) in [6, 6.07) is 9.50. The van der Waals surface area contributed by atoms with Crippen LogP contribution in [-0.2, 0) is 6.54 Å². The Hall–Kier alpha value is -1.13. The maximum absolute atomic E-state index is 8.80. The normalized spacial score (nSPS) is 10.7. The van der Waals surface area contributed by atoms with Crippen molar-refractivity contribution in [2.45, 2.75) is 6.54 Å². The lowest BCUT2D eigenvalue weighted by atomic mass is 10.0. The van der Waals surface area contributed by atoms with E-state index in [1.165, 1.54) is 0 Å². The molecule has 0 spiro atoms. The van der Waals surface area contributed by atoms with E-state index < -0.39 is 0 Å². The Balaban J connectivity index is 2.33. The van der Waals surface area contributed by atoms with Crippen molar-refractivity contribution >= 4 is 23.2 Å². The van der Waals surface area contributed by atoms with Crippen molar-refractivity contribution in [3.63, 3.8) is 0 Å². The summed E-state index contributed by atoms with van der Waals surface area (Å²) in [6.07, 6.45) is 1.68. The molecule has 0 aliphatic rings. The van der Waals surface area contributed by atoms with Gasteiger partial charge in [0.1, 0.15) is 5.15 Å². The smallest absolute Gasteiger partial charge is 0.134 e. The predicted octanol–water partition coefficient (Wildman–Crippen LogP) is 3.14. The van der Waals surface area contributed by atoms with Crippen LogP contribution < -0.4 is 5.32 Å². The van der Waals surface area contributed by atoms with Crippen LogP contribution in [0.5, 0.6) is 0 Å². The minimum atomic E-state index is 0.0914. The van der Waals surface area contributed by atoms with E-state index in [2.05, 4.69) is 10.3 Å². The molecule has 0 radical (unpaired) electrons. The monoisotopic (exact) mass is 296 g/mol. The second-order valence-electron chi connectivity index (χ2n) is 4.04.